The van der Waals surface area contributed by atoms with Gasteiger partial charge in [-0.05, 0) is 55.3 Å². The van der Waals surface area contributed by atoms with Gasteiger partial charge in [-0.2, -0.15) is 4.98 Å². The van der Waals surface area contributed by atoms with E-state index in [9.17, 15) is 9.18 Å². The molecule has 0 spiro atoms. The predicted molar refractivity (Wildman–Crippen MR) is 117 cm³/mol. The Bertz CT molecular complexity index is 1090. The molecule has 2 aromatic carbocycles. The molecule has 1 saturated heterocycles. The van der Waals surface area contributed by atoms with Crippen molar-refractivity contribution in [2.45, 2.75) is 19.8 Å². The number of amides is 1. The van der Waals surface area contributed by atoms with E-state index < -0.39 is 5.82 Å². The average Bonchev–Trinajstić information content (AvgIpc) is 3.16. The van der Waals surface area contributed by atoms with Crippen LogP contribution >= 0.6 is 0 Å². The Labute approximate surface area is 174 Å². The maximum atomic E-state index is 14.4. The van der Waals surface area contributed by atoms with E-state index in [0.29, 0.717) is 18.7 Å². The number of aryl methyl sites for hydroxylation is 1. The van der Waals surface area contributed by atoms with Crippen LogP contribution in [0.3, 0.4) is 0 Å². The lowest BCUT2D eigenvalue weighted by Gasteiger charge is -2.21. The smallest absolute Gasteiger partial charge is 0.229 e. The third-order valence-corrected chi connectivity index (χ3v) is 5.15. The molecule has 0 radical (unpaired) electrons. The van der Waals surface area contributed by atoms with Gasteiger partial charge in [-0.15, -0.1) is 0 Å². The molecule has 1 fully saturated rings. The van der Waals surface area contributed by atoms with Gasteiger partial charge in [-0.25, -0.2) is 9.37 Å². The van der Waals surface area contributed by atoms with Crippen LogP contribution in [0.2, 0.25) is 0 Å². The van der Waals surface area contributed by atoms with E-state index in [1.807, 2.05) is 25.1 Å². The van der Waals surface area contributed by atoms with Crippen LogP contribution in [0.15, 0.2) is 48.7 Å². The zero-order chi connectivity index (χ0) is 21.3. The maximum Gasteiger partial charge on any atom is 0.229 e. The van der Waals surface area contributed by atoms with Crippen LogP contribution in [0.4, 0.5) is 38.9 Å². The van der Waals surface area contributed by atoms with Crippen molar-refractivity contribution in [2.24, 2.45) is 0 Å². The highest BCUT2D eigenvalue weighted by molar-refractivity contribution is 5.96. The monoisotopic (exact) mass is 406 g/mol. The molecule has 154 valence electrons. The van der Waals surface area contributed by atoms with Crippen molar-refractivity contribution in [2.75, 3.05) is 34.4 Å². The van der Waals surface area contributed by atoms with Gasteiger partial charge in [0.05, 0.1) is 6.20 Å². The number of halogens is 1. The first kappa shape index (κ1) is 19.6. The Hall–Kier alpha value is -3.68. The number of nitrogens with two attached hydrogens (primary N) is 1. The fraction of sp³-hybridized carbons (Fsp3) is 0.227. The summed E-state index contributed by atoms with van der Waals surface area (Å²) in [6.45, 7) is 2.69. The second kappa shape index (κ2) is 7.98. The fourth-order valence-corrected chi connectivity index (χ4v) is 3.48. The summed E-state index contributed by atoms with van der Waals surface area (Å²) in [5, 5.41) is 3.12. The van der Waals surface area contributed by atoms with Crippen LogP contribution in [0.25, 0.3) is 0 Å². The molecule has 3 N–H and O–H groups in total. The van der Waals surface area contributed by atoms with Gasteiger partial charge >= 0.3 is 0 Å². The van der Waals surface area contributed by atoms with E-state index in [1.54, 1.807) is 41.1 Å². The minimum atomic E-state index is -0.535. The first-order valence-electron chi connectivity index (χ1n) is 9.72. The zero-order valence-electron chi connectivity index (χ0n) is 16.9. The molecular formula is C22H23FN6O. The van der Waals surface area contributed by atoms with E-state index in [2.05, 4.69) is 15.3 Å². The molecule has 0 aliphatic carbocycles. The third-order valence-electron chi connectivity index (χ3n) is 5.15. The Morgan fingerprint density at radius 3 is 2.67 bits per heavy atom. The van der Waals surface area contributed by atoms with Crippen molar-refractivity contribution in [3.63, 3.8) is 0 Å². The lowest BCUT2D eigenvalue weighted by Crippen LogP contribution is -2.24. The molecule has 1 aliphatic heterocycles. The van der Waals surface area contributed by atoms with Crippen molar-refractivity contribution < 1.29 is 9.18 Å². The van der Waals surface area contributed by atoms with Gasteiger partial charge in [0.1, 0.15) is 0 Å². The quantitative estimate of drug-likeness (QED) is 0.619. The van der Waals surface area contributed by atoms with Crippen molar-refractivity contribution in [1.82, 2.24) is 9.97 Å². The Balaban J connectivity index is 1.60. The van der Waals surface area contributed by atoms with Gasteiger partial charge in [-0.1, -0.05) is 6.07 Å². The molecule has 4 rings (SSSR count). The molecule has 7 nitrogen and oxygen atoms in total. The number of hydrogen-bond donors (Lipinski definition) is 2. The molecule has 1 aromatic heterocycles. The second-order valence-electron chi connectivity index (χ2n) is 7.29. The van der Waals surface area contributed by atoms with Gasteiger partial charge in [-0.3, -0.25) is 4.79 Å². The number of anilines is 6. The third kappa shape index (κ3) is 3.89. The van der Waals surface area contributed by atoms with Gasteiger partial charge < -0.3 is 20.9 Å². The summed E-state index contributed by atoms with van der Waals surface area (Å²) < 4.78 is 14.4. The number of carbonyl (C=O) groups is 1. The minimum Gasteiger partial charge on any atom is -0.399 e. The molecule has 1 aliphatic rings. The number of aromatic nitrogens is 2. The van der Waals surface area contributed by atoms with E-state index in [0.717, 1.165) is 35.2 Å². The van der Waals surface area contributed by atoms with Gasteiger partial charge in [0.15, 0.2) is 11.6 Å². The molecule has 2 heterocycles. The largest absolute Gasteiger partial charge is 0.399 e. The van der Waals surface area contributed by atoms with Gasteiger partial charge in [0, 0.05) is 42.8 Å². The summed E-state index contributed by atoms with van der Waals surface area (Å²) in [7, 11) is 1.73. The topological polar surface area (TPSA) is 87.4 Å². The molecule has 0 unspecified atom stereocenters. The Kier molecular flexibility index (Phi) is 5.22. The van der Waals surface area contributed by atoms with Crippen LogP contribution in [0.5, 0.6) is 0 Å². The summed E-state index contributed by atoms with van der Waals surface area (Å²) in [6.07, 6.45) is 2.56. The minimum absolute atomic E-state index is 0.126. The number of hydrogen-bond acceptors (Lipinski definition) is 6. The molecular weight excluding hydrogens is 383 g/mol. The normalized spacial score (nSPS) is 13.6. The van der Waals surface area contributed by atoms with Crippen LogP contribution in [0.1, 0.15) is 18.4 Å². The van der Waals surface area contributed by atoms with E-state index in [-0.39, 0.29) is 17.7 Å². The van der Waals surface area contributed by atoms with E-state index >= 15 is 0 Å². The lowest BCUT2D eigenvalue weighted by atomic mass is 10.1. The van der Waals surface area contributed by atoms with E-state index in [4.69, 9.17) is 5.73 Å². The van der Waals surface area contributed by atoms with Crippen molar-refractivity contribution >= 4 is 40.4 Å². The standard InChI is InChI=1S/C22H23FN6O/c1-14-5-8-16(12-19(14)29-11-3-4-20(29)30)26-22-25-13-18(23)21(27-22)28(2)17-9-6-15(24)7-10-17/h5-10,12-13H,3-4,11,24H2,1-2H3,(H,25,26,27). The van der Waals surface area contributed by atoms with Crippen molar-refractivity contribution in [3.05, 3.63) is 60.0 Å². The molecule has 0 atom stereocenters. The van der Waals surface area contributed by atoms with Crippen LogP contribution in [0, 0.1) is 12.7 Å². The molecule has 8 heteroatoms. The maximum absolute atomic E-state index is 14.4. The summed E-state index contributed by atoms with van der Waals surface area (Å²) in [5.74, 6) is -0.0107. The fourth-order valence-electron chi connectivity index (χ4n) is 3.48. The number of benzene rings is 2. The summed E-state index contributed by atoms with van der Waals surface area (Å²) in [4.78, 5) is 24.0. The highest BCUT2D eigenvalue weighted by atomic mass is 19.1. The molecule has 3 aromatic rings. The van der Waals surface area contributed by atoms with Gasteiger partial charge in [0.25, 0.3) is 0 Å². The van der Waals surface area contributed by atoms with E-state index in [1.165, 1.54) is 0 Å². The summed E-state index contributed by atoms with van der Waals surface area (Å²) >= 11 is 0. The molecule has 0 saturated carbocycles. The molecule has 0 bridgehead atoms. The second-order valence-corrected chi connectivity index (χ2v) is 7.29. The first-order valence-corrected chi connectivity index (χ1v) is 9.72. The Morgan fingerprint density at radius 2 is 1.97 bits per heavy atom. The van der Waals surface area contributed by atoms with Gasteiger partial charge in [0.2, 0.25) is 11.9 Å². The zero-order valence-corrected chi connectivity index (χ0v) is 16.9. The number of nitrogen functional groups attached to an aromatic ring is 1. The predicted octanol–water partition coefficient (Wildman–Crippen LogP) is 4.14. The number of nitrogens with zero attached hydrogens (tertiary/aromatic N) is 4. The summed E-state index contributed by atoms with van der Waals surface area (Å²) in [6, 6.07) is 12.8. The Morgan fingerprint density at radius 1 is 1.20 bits per heavy atom. The number of carbonyl (C=O) groups excluding carboxylic acids is 1. The van der Waals surface area contributed by atoms with Crippen molar-refractivity contribution in [1.29, 1.82) is 0 Å². The SMILES string of the molecule is Cc1ccc(Nc2ncc(F)c(N(C)c3ccc(N)cc3)n2)cc1N1CCCC1=O. The van der Waals surface area contributed by atoms with Crippen LogP contribution < -0.4 is 20.9 Å². The first-order chi connectivity index (χ1) is 14.4. The number of rotatable bonds is 5. The molecule has 30 heavy (non-hydrogen) atoms. The highest BCUT2D eigenvalue weighted by Gasteiger charge is 2.23. The van der Waals surface area contributed by atoms with Crippen LogP contribution in [-0.2, 0) is 4.79 Å². The number of nitrogens with one attached hydrogen (secondary N) is 1. The average molecular weight is 406 g/mol. The lowest BCUT2D eigenvalue weighted by molar-refractivity contribution is -0.117. The highest BCUT2D eigenvalue weighted by Crippen LogP contribution is 2.30. The van der Waals surface area contributed by atoms with Crippen molar-refractivity contribution in [3.8, 4) is 0 Å². The van der Waals surface area contributed by atoms with Crippen LogP contribution in [-0.4, -0.2) is 29.5 Å². The molecule has 1 amide bonds. The summed E-state index contributed by atoms with van der Waals surface area (Å²) in [5.41, 5.74) is 9.71.